The van der Waals surface area contributed by atoms with Crippen LogP contribution < -0.4 is 15.1 Å². The maximum Gasteiger partial charge on any atom is 0.348 e. The molecule has 13 heteroatoms. The van der Waals surface area contributed by atoms with Crippen LogP contribution in [0, 0.1) is 0 Å². The number of phenols is 1. The summed E-state index contributed by atoms with van der Waals surface area (Å²) >= 11 is 2.15. The van der Waals surface area contributed by atoms with Crippen molar-refractivity contribution in [3.05, 3.63) is 102 Å². The molecular formula is C41H54N2O8S2Si. The molecule has 292 valence electrons. The number of amides is 2. The number of carboxylic acids is 1. The van der Waals surface area contributed by atoms with Gasteiger partial charge in [-0.3, -0.25) is 9.59 Å². The fraction of sp³-hybridized carbons (Fsp3) is 0.415. The van der Waals surface area contributed by atoms with E-state index in [1.54, 1.807) is 36.4 Å². The second-order valence-electron chi connectivity index (χ2n) is 16.5. The number of benzene rings is 2. The lowest BCUT2D eigenvalue weighted by atomic mass is 9.87. The van der Waals surface area contributed by atoms with Crippen LogP contribution in [0.1, 0.15) is 123 Å². The van der Waals surface area contributed by atoms with Crippen LogP contribution in [-0.4, -0.2) is 49.4 Å². The van der Waals surface area contributed by atoms with Crippen LogP contribution in [0.4, 0.5) is 0 Å². The third-order valence-electron chi connectivity index (χ3n) is 8.99. The summed E-state index contributed by atoms with van der Waals surface area (Å²) in [5.41, 5.74) is 2.58. The monoisotopic (exact) mass is 794 g/mol. The van der Waals surface area contributed by atoms with Gasteiger partial charge in [0.2, 0.25) is 8.32 Å². The van der Waals surface area contributed by atoms with Gasteiger partial charge in [0.25, 0.3) is 11.8 Å². The lowest BCUT2D eigenvalue weighted by molar-refractivity contribution is 0.0602. The Bertz CT molecular complexity index is 1980. The molecule has 2 aromatic heterocycles. The van der Waals surface area contributed by atoms with E-state index in [9.17, 15) is 29.4 Å². The Balaban J connectivity index is 0.000000303. The topological polar surface area (TPSA) is 151 Å². The number of carboxylic acid groups (broad SMARTS) is 1. The number of thiophene rings is 2. The number of aromatic carboxylic acids is 1. The lowest BCUT2D eigenvalue weighted by Crippen LogP contribution is -2.43. The van der Waals surface area contributed by atoms with Crippen molar-refractivity contribution in [2.45, 2.75) is 104 Å². The summed E-state index contributed by atoms with van der Waals surface area (Å²) in [6.07, 6.45) is 0. The molecule has 2 aromatic carbocycles. The van der Waals surface area contributed by atoms with Crippen LogP contribution in [0.3, 0.4) is 0 Å². The molecule has 0 aliphatic heterocycles. The van der Waals surface area contributed by atoms with Crippen LogP contribution in [0.15, 0.2) is 60.7 Å². The number of carbonyl (C=O) groups excluding carboxylic acids is 3. The van der Waals surface area contributed by atoms with E-state index >= 15 is 0 Å². The number of hydrogen-bond acceptors (Lipinski definition) is 9. The predicted molar refractivity (Wildman–Crippen MR) is 219 cm³/mol. The van der Waals surface area contributed by atoms with Crippen LogP contribution in [0.5, 0.6) is 11.5 Å². The van der Waals surface area contributed by atoms with Crippen molar-refractivity contribution in [1.29, 1.82) is 0 Å². The van der Waals surface area contributed by atoms with Gasteiger partial charge in [-0.15, -0.1) is 22.7 Å². The highest BCUT2D eigenvalue weighted by Gasteiger charge is 2.39. The number of aromatic hydroxyl groups is 1. The van der Waals surface area contributed by atoms with Crippen molar-refractivity contribution in [3.63, 3.8) is 0 Å². The Morgan fingerprint density at radius 1 is 0.704 bits per heavy atom. The predicted octanol–water partition coefficient (Wildman–Crippen LogP) is 9.53. The van der Waals surface area contributed by atoms with E-state index in [2.05, 4.69) is 44.5 Å². The molecule has 2 heterocycles. The molecule has 4 aromatic rings. The molecule has 0 unspecified atom stereocenters. The minimum Gasteiger partial charge on any atom is -0.543 e. The van der Waals surface area contributed by atoms with Crippen molar-refractivity contribution in [2.24, 2.45) is 0 Å². The molecule has 54 heavy (non-hydrogen) atoms. The number of rotatable bonds is 10. The summed E-state index contributed by atoms with van der Waals surface area (Å²) in [7, 11) is -0.577. The van der Waals surface area contributed by atoms with E-state index in [4.69, 9.17) is 9.16 Å². The Morgan fingerprint density at radius 3 is 1.59 bits per heavy atom. The zero-order valence-corrected chi connectivity index (χ0v) is 36.0. The highest BCUT2D eigenvalue weighted by molar-refractivity contribution is 7.16. The molecule has 4 rings (SSSR count). The summed E-state index contributed by atoms with van der Waals surface area (Å²) in [4.78, 5) is 50.1. The summed E-state index contributed by atoms with van der Waals surface area (Å²) in [6.45, 7) is 23.5. The van der Waals surface area contributed by atoms with Crippen molar-refractivity contribution >= 4 is 54.7 Å². The van der Waals surface area contributed by atoms with Gasteiger partial charge < -0.3 is 30.0 Å². The smallest absolute Gasteiger partial charge is 0.348 e. The number of methoxy groups -OCH3 is 1. The zero-order valence-electron chi connectivity index (χ0n) is 33.3. The van der Waals surface area contributed by atoms with Gasteiger partial charge in [0.05, 0.1) is 16.9 Å². The minimum absolute atomic E-state index is 0.110. The number of carbonyl (C=O) groups is 4. The summed E-state index contributed by atoms with van der Waals surface area (Å²) < 4.78 is 11.3. The molecule has 0 radical (unpaired) electrons. The SMILES string of the molecule is CC(C)(C)c1cc(C(=O)NCc2cccc(O)c2)sc1C(=O)O.COC(=O)c1sc(C(=O)NCc2cccc(O[Si](C)(C)C(C)(C)C)c2)cc1C(C)(C)C. The number of nitrogens with one attached hydrogen (secondary N) is 2. The molecule has 0 aliphatic rings. The van der Waals surface area contributed by atoms with E-state index in [1.807, 2.05) is 65.8 Å². The Hall–Kier alpha value is -4.46. The van der Waals surface area contributed by atoms with E-state index in [-0.39, 0.29) is 44.9 Å². The van der Waals surface area contributed by atoms with E-state index in [1.165, 1.54) is 18.4 Å². The highest BCUT2D eigenvalue weighted by Crippen LogP contribution is 2.38. The molecule has 0 bridgehead atoms. The standard InChI is InChI=1S/C24H35NO4SSi.C17H19NO4S/c1-23(2,3)18-14-19(30-20(18)22(27)28-7)21(26)25-15-16-11-10-12-17(13-16)29-31(8,9)24(4,5)6;1-17(2,3)12-8-13(23-14(12)16(21)22)15(20)18-9-10-5-4-6-11(19)7-10/h10-14H,15H2,1-9H3,(H,25,26);4-8,19H,9H2,1-3H3,(H,18,20)(H,21,22). The van der Waals surface area contributed by atoms with Gasteiger partial charge in [0.1, 0.15) is 21.3 Å². The first kappa shape index (κ1) is 43.9. The van der Waals surface area contributed by atoms with Crippen LogP contribution in [-0.2, 0) is 28.7 Å². The third kappa shape index (κ3) is 11.8. The molecule has 0 aliphatic carbocycles. The van der Waals surface area contributed by atoms with Crippen LogP contribution >= 0.6 is 22.7 Å². The molecule has 0 spiro atoms. The molecule has 0 saturated heterocycles. The number of ether oxygens (including phenoxy) is 1. The van der Waals surface area contributed by atoms with Gasteiger partial charge in [0.15, 0.2) is 0 Å². The first-order chi connectivity index (χ1) is 24.8. The van der Waals surface area contributed by atoms with Gasteiger partial charge in [-0.25, -0.2) is 9.59 Å². The highest BCUT2D eigenvalue weighted by atomic mass is 32.1. The zero-order chi connectivity index (χ0) is 40.8. The molecule has 0 saturated carbocycles. The van der Waals surface area contributed by atoms with E-state index in [0.717, 1.165) is 33.8 Å². The molecule has 4 N–H and O–H groups in total. The summed E-state index contributed by atoms with van der Waals surface area (Å²) in [5.74, 6) is -0.998. The van der Waals surface area contributed by atoms with Crippen molar-refractivity contribution < 1.29 is 38.6 Å². The fourth-order valence-electron chi connectivity index (χ4n) is 4.90. The van der Waals surface area contributed by atoms with Gasteiger partial charge >= 0.3 is 11.9 Å². The average Bonchev–Trinajstić information content (AvgIpc) is 3.73. The molecule has 0 fully saturated rings. The van der Waals surface area contributed by atoms with Crippen LogP contribution in [0.25, 0.3) is 0 Å². The second-order valence-corrected chi connectivity index (χ2v) is 23.4. The normalized spacial score (nSPS) is 11.9. The first-order valence-electron chi connectivity index (χ1n) is 17.6. The number of phenolic OH excluding ortho intramolecular Hbond substituents is 1. The Morgan fingerprint density at radius 2 is 1.17 bits per heavy atom. The van der Waals surface area contributed by atoms with Gasteiger partial charge in [-0.05, 0) is 87.6 Å². The van der Waals surface area contributed by atoms with Crippen molar-refractivity contribution in [1.82, 2.24) is 10.6 Å². The second kappa shape index (κ2) is 17.3. The number of esters is 1. The van der Waals surface area contributed by atoms with Gasteiger partial charge in [-0.2, -0.15) is 0 Å². The van der Waals surface area contributed by atoms with E-state index in [0.29, 0.717) is 26.7 Å². The first-order valence-corrected chi connectivity index (χ1v) is 22.1. The maximum atomic E-state index is 12.8. The van der Waals surface area contributed by atoms with Gasteiger partial charge in [-0.1, -0.05) is 86.6 Å². The summed E-state index contributed by atoms with van der Waals surface area (Å²) in [5, 5.41) is 24.5. The lowest BCUT2D eigenvalue weighted by Gasteiger charge is -2.36. The molecule has 2 amide bonds. The van der Waals surface area contributed by atoms with E-state index < -0.39 is 20.3 Å². The van der Waals surface area contributed by atoms with Gasteiger partial charge in [0, 0.05) is 13.1 Å². The van der Waals surface area contributed by atoms with Crippen LogP contribution in [0.2, 0.25) is 18.1 Å². The molecule has 0 atom stereocenters. The molecule has 10 nitrogen and oxygen atoms in total. The maximum absolute atomic E-state index is 12.8. The fourth-order valence-corrected chi connectivity index (χ4v) is 8.24. The largest absolute Gasteiger partial charge is 0.543 e. The number of hydrogen-bond donors (Lipinski definition) is 4. The minimum atomic E-state index is -1.93. The van der Waals surface area contributed by atoms with Crippen molar-refractivity contribution in [3.8, 4) is 11.5 Å². The Labute approximate surface area is 328 Å². The summed E-state index contributed by atoms with van der Waals surface area (Å²) in [6, 6.07) is 17.9. The van der Waals surface area contributed by atoms with Crippen molar-refractivity contribution in [2.75, 3.05) is 7.11 Å². The Kier molecular flexibility index (Phi) is 14.1. The third-order valence-corrected chi connectivity index (χ3v) is 15.6. The average molecular weight is 795 g/mol. The quantitative estimate of drug-likeness (QED) is 0.0916. The molecular weight excluding hydrogens is 741 g/mol.